The van der Waals surface area contributed by atoms with E-state index in [0.29, 0.717) is 0 Å². The standard InChI is InChI=1S/C30H52O73S16.K/c31-104(32,33)81-3-9-13(90-29-25(102-118(73,74)75)21(98-114(61,62)63)17(94-110(49,50)51)11(88-29)5-83-106(37,38)39)19(96-112(55,56)57)23(100-116(67,68)69)27(86-9)79-1-7-15(92-108(43,44)45)16(93-109(46,47)48)8(85-7)2-80-28-24(101-117(70,71)72)20(97-113(58,59)60)14(10(87-28)4-82-105(34,35)36)91-30-26(103-119(76,77)78)22(99-115(64,65)66)18(95-111(52,53)54)12(89-30)6-84-107(40,41)42;/h7-30H,1-6H2,(H,31,32,33)(H,34,35,36)(H,37,38,39)(H,40,41,42)(H,43,44,45)(H,46,47,48)(H,49,50,51)(H,52,53,54)(H,55,56,57)(H,58,59,60)(H,61,62,63)(H,64,65,66)(H,67,68,69)(H,70,71,72)(H,73,74,75)(H,76,77,78);/q;+1/t7-,8-,9-,10-,11-,12-,13-,14-,15-,16-,17-,18-,19+,20+,21+,22+,23-,24-,25-,26-,27-,28-,29-,30-;/m1./s1. The van der Waals surface area contributed by atoms with Crippen LogP contribution in [0.5, 0.6) is 0 Å². The van der Waals surface area contributed by atoms with Crippen LogP contribution in [-0.2, 0) is 276 Å². The zero-order valence-electron chi connectivity index (χ0n) is 56.1. The largest absolute Gasteiger partial charge is 1.00 e. The SMILES string of the molecule is O=S(=O)(O)OC[C@H]1O[C@@H](OC[C@H]2O[C@H](CO[C@@H]3O[C@H](COS(=O)(=O)O)[C@@H](O[C@H]4O[C@H](COS(=O)(=O)O)[C@@H](OS(=O)(=O)O)[C@H](OS(=O)(=O)O)[C@H]4OS(=O)(=O)O)[C@H](OS(=O)(=O)O)[C@H]3OS(=O)(=O)O)[C@@H](OS(=O)(=O)O)[C@@H]2OS(=O)(=O)O)[C@H](OS(=O)(=O)O)[C@@H](OS(=O)(=O)O)[C@@H]1O[C@H]1O[C@H](COS(=O)(=O)O)[C@@H](OS(=O)(=O)O)[C@H](OS(=O)(=O)O)[C@H]1OS(=O)(=O)O.[K+]. The van der Waals surface area contributed by atoms with Crippen LogP contribution in [0.25, 0.3) is 0 Å². The molecule has 0 radical (unpaired) electrons. The van der Waals surface area contributed by atoms with Crippen LogP contribution in [0.15, 0.2) is 0 Å². The molecule has 706 valence electrons. The topological polar surface area (TPSA) is 1100 Å². The summed E-state index contributed by atoms with van der Waals surface area (Å²) < 4.78 is 663. The second kappa shape index (κ2) is 41.3. The minimum Gasteiger partial charge on any atom is -0.364 e. The molecule has 5 saturated heterocycles. The molecule has 73 nitrogen and oxygen atoms in total. The first-order valence-corrected chi connectivity index (χ1v) is 49.9. The maximum absolute atomic E-state index is 12.7. The van der Waals surface area contributed by atoms with Crippen LogP contribution in [0.4, 0.5) is 0 Å². The summed E-state index contributed by atoms with van der Waals surface area (Å²) in [6.07, 6.45) is -83.9. The Morgan fingerprint density at radius 2 is 0.308 bits per heavy atom. The van der Waals surface area contributed by atoms with Gasteiger partial charge in [0.05, 0.1) is 39.6 Å². The fraction of sp³-hybridized carbons (Fsp3) is 1.00. The Labute approximate surface area is 714 Å². The fourth-order valence-corrected chi connectivity index (χ4v) is 17.4. The molecule has 0 unspecified atom stereocenters. The van der Waals surface area contributed by atoms with E-state index in [1.165, 1.54) is 0 Å². The van der Waals surface area contributed by atoms with Crippen molar-refractivity contribution in [2.75, 3.05) is 39.6 Å². The van der Waals surface area contributed by atoms with Gasteiger partial charge in [0.25, 0.3) is 0 Å². The molecule has 0 aromatic heterocycles. The normalized spacial score (nSPS) is 32.5. The molecule has 0 amide bonds. The Kier molecular flexibility index (Phi) is 38.4. The molecule has 90 heteroatoms. The first-order valence-electron chi connectivity index (χ1n) is 28.0. The van der Waals surface area contributed by atoms with Gasteiger partial charge in [0.1, 0.15) is 97.7 Å². The van der Waals surface area contributed by atoms with Gasteiger partial charge in [-0.25, -0.2) is 66.9 Å². The van der Waals surface area contributed by atoms with Crippen molar-refractivity contribution in [2.45, 2.75) is 147 Å². The van der Waals surface area contributed by atoms with Crippen LogP contribution in [0, 0.1) is 0 Å². The van der Waals surface area contributed by atoms with E-state index in [4.69, 9.17) is 42.6 Å². The minimum absolute atomic E-state index is 0. The minimum atomic E-state index is -6.68. The molecular formula is C30H52KO73S16+. The summed E-state index contributed by atoms with van der Waals surface area (Å²) in [5.74, 6) is 0. The Morgan fingerprint density at radius 1 is 0.167 bits per heavy atom. The molecule has 5 fully saturated rings. The van der Waals surface area contributed by atoms with Crippen molar-refractivity contribution < 1.29 is 368 Å². The summed E-state index contributed by atoms with van der Waals surface area (Å²) >= 11 is 0. The average Bonchev–Trinajstić information content (AvgIpc) is 0.901. The van der Waals surface area contributed by atoms with Crippen LogP contribution in [0.1, 0.15) is 0 Å². The molecule has 0 aromatic rings. The van der Waals surface area contributed by atoms with Crippen molar-refractivity contribution in [1.29, 1.82) is 0 Å². The molecule has 5 aliphatic rings. The van der Waals surface area contributed by atoms with Crippen molar-refractivity contribution in [3.8, 4) is 0 Å². The summed E-state index contributed by atoms with van der Waals surface area (Å²) in [5, 5.41) is 0. The number of ether oxygens (including phenoxy) is 9. The Balaban J connectivity index is 0.0000303. The molecule has 5 rings (SSSR count). The van der Waals surface area contributed by atoms with Gasteiger partial charge in [-0.3, -0.25) is 72.8 Å². The third-order valence-electron chi connectivity index (χ3n) is 13.5. The van der Waals surface area contributed by atoms with Crippen LogP contribution < -0.4 is 51.4 Å². The van der Waals surface area contributed by atoms with Gasteiger partial charge in [-0.1, -0.05) is 0 Å². The zero-order valence-corrected chi connectivity index (χ0v) is 72.2. The summed E-state index contributed by atoms with van der Waals surface area (Å²) in [7, 11) is -103. The Hall–Kier alpha value is -0.804. The Morgan fingerprint density at radius 3 is 0.500 bits per heavy atom. The molecule has 0 aromatic carbocycles. The van der Waals surface area contributed by atoms with Crippen LogP contribution >= 0.6 is 0 Å². The first kappa shape index (κ1) is 112. The molecule has 0 spiro atoms. The van der Waals surface area contributed by atoms with Gasteiger partial charge in [0.2, 0.25) is 0 Å². The van der Waals surface area contributed by atoms with Gasteiger partial charge in [-0.05, 0) is 0 Å². The molecule has 0 aliphatic carbocycles. The van der Waals surface area contributed by atoms with E-state index in [2.05, 4.69) is 66.9 Å². The molecule has 5 aliphatic heterocycles. The van der Waals surface area contributed by atoms with Crippen molar-refractivity contribution in [2.24, 2.45) is 0 Å². The van der Waals surface area contributed by atoms with Gasteiger partial charge in [0.15, 0.2) is 49.6 Å². The molecule has 120 heavy (non-hydrogen) atoms. The quantitative estimate of drug-likeness (QED) is 0.0199. The van der Waals surface area contributed by atoms with E-state index in [-0.39, 0.29) is 51.4 Å². The summed E-state index contributed by atoms with van der Waals surface area (Å²) in [4.78, 5) is 0. The monoisotopic (exact) mass is 2130 g/mol. The van der Waals surface area contributed by atoms with Crippen molar-refractivity contribution >= 4 is 166 Å². The third kappa shape index (κ3) is 40.7. The average molecular weight is 2130 g/mol. The first-order chi connectivity index (χ1) is 52.9. The number of hydrogen-bond acceptors (Lipinski definition) is 57. The smallest absolute Gasteiger partial charge is 0.364 e. The molecule has 0 bridgehead atoms. The van der Waals surface area contributed by atoms with E-state index in [1.807, 2.05) is 0 Å². The van der Waals surface area contributed by atoms with Crippen LogP contribution in [0.2, 0.25) is 0 Å². The predicted molar refractivity (Wildman–Crippen MR) is 332 cm³/mol. The van der Waals surface area contributed by atoms with Gasteiger partial charge in [-0.15, -0.1) is 0 Å². The van der Waals surface area contributed by atoms with E-state index >= 15 is 0 Å². The van der Waals surface area contributed by atoms with Crippen LogP contribution in [0.3, 0.4) is 0 Å². The maximum Gasteiger partial charge on any atom is 1.00 e. The second-order valence-corrected chi connectivity index (χ2v) is 38.9. The fourth-order valence-electron chi connectivity index (χ4n) is 10.2. The van der Waals surface area contributed by atoms with Gasteiger partial charge in [-0.2, -0.15) is 135 Å². The molecule has 0 saturated carbocycles. The van der Waals surface area contributed by atoms with E-state index < -0.39 is 353 Å². The van der Waals surface area contributed by atoms with Gasteiger partial charge < -0.3 is 42.6 Å². The van der Waals surface area contributed by atoms with E-state index in [1.54, 1.807) is 0 Å². The van der Waals surface area contributed by atoms with Gasteiger partial charge in [0, 0.05) is 0 Å². The molecular weight excluding hydrogens is 2080 g/mol. The van der Waals surface area contributed by atoms with Crippen molar-refractivity contribution in [3.63, 3.8) is 0 Å². The molecule has 24 atom stereocenters. The Bertz CT molecular complexity index is 5190. The molecule has 16 N–H and O–H groups in total. The summed E-state index contributed by atoms with van der Waals surface area (Å²) in [6, 6.07) is 0. The van der Waals surface area contributed by atoms with Crippen molar-refractivity contribution in [3.05, 3.63) is 0 Å². The number of rotatable bonds is 46. The van der Waals surface area contributed by atoms with E-state index in [9.17, 15) is 208 Å². The van der Waals surface area contributed by atoms with E-state index in [0.717, 1.165) is 0 Å². The van der Waals surface area contributed by atoms with Gasteiger partial charge >= 0.3 is 218 Å². The van der Waals surface area contributed by atoms with Crippen molar-refractivity contribution in [1.82, 2.24) is 0 Å². The number of hydrogen-bond donors (Lipinski definition) is 16. The third-order valence-corrected chi connectivity index (χ3v) is 20.8. The predicted octanol–water partition coefficient (Wildman–Crippen LogP) is -17.0. The molecule has 5 heterocycles. The summed E-state index contributed by atoms with van der Waals surface area (Å²) in [6.45, 7) is -13.3. The van der Waals surface area contributed by atoms with Crippen LogP contribution in [-0.4, -0.2) is 394 Å². The summed E-state index contributed by atoms with van der Waals surface area (Å²) in [5.41, 5.74) is 0. The maximum atomic E-state index is 12.7. The zero-order chi connectivity index (χ0) is 91.8. The second-order valence-electron chi connectivity index (χ2n) is 22.0.